The van der Waals surface area contributed by atoms with Crippen molar-refractivity contribution in [3.8, 4) is 11.5 Å². The summed E-state index contributed by atoms with van der Waals surface area (Å²) in [7, 11) is 0. The Kier molecular flexibility index (Phi) is 7.29. The smallest absolute Gasteiger partial charge is 0.279 e. The van der Waals surface area contributed by atoms with Crippen molar-refractivity contribution in [2.45, 2.75) is 39.2 Å². The van der Waals surface area contributed by atoms with Gasteiger partial charge in [0.1, 0.15) is 11.5 Å². The molecule has 2 aromatic rings. The van der Waals surface area contributed by atoms with Crippen molar-refractivity contribution in [1.29, 1.82) is 0 Å². The van der Waals surface area contributed by atoms with E-state index in [0.717, 1.165) is 0 Å². The standard InChI is InChI=1S/C21H25ClN2O4/c1-14(28-18-9-5-15(6-10-18)21(2,3)4)20(26)24-23-19(25)13-27-17-11-7-16(22)8-12-17/h5-12,14H,13H2,1-4H3,(H,23,25)(H,24,26). The highest BCUT2D eigenvalue weighted by Crippen LogP contribution is 2.24. The fraction of sp³-hybridized carbons (Fsp3) is 0.333. The fourth-order valence-corrected chi connectivity index (χ4v) is 2.37. The van der Waals surface area contributed by atoms with Crippen LogP contribution in [0.15, 0.2) is 48.5 Å². The second kappa shape index (κ2) is 9.46. The Balaban J connectivity index is 1.75. The van der Waals surface area contributed by atoms with E-state index in [1.54, 1.807) is 31.2 Å². The molecule has 28 heavy (non-hydrogen) atoms. The minimum absolute atomic E-state index is 0.0416. The van der Waals surface area contributed by atoms with Gasteiger partial charge in [-0.1, -0.05) is 44.5 Å². The molecular weight excluding hydrogens is 380 g/mol. The average molecular weight is 405 g/mol. The topological polar surface area (TPSA) is 76.7 Å². The van der Waals surface area contributed by atoms with Gasteiger partial charge >= 0.3 is 0 Å². The second-order valence-corrected chi connectivity index (χ2v) is 7.75. The SMILES string of the molecule is CC(Oc1ccc(C(C)(C)C)cc1)C(=O)NNC(=O)COc1ccc(Cl)cc1. The summed E-state index contributed by atoms with van der Waals surface area (Å²) < 4.78 is 10.9. The van der Waals surface area contributed by atoms with E-state index < -0.39 is 17.9 Å². The van der Waals surface area contributed by atoms with E-state index in [4.69, 9.17) is 21.1 Å². The largest absolute Gasteiger partial charge is 0.484 e. The third-order valence-electron chi connectivity index (χ3n) is 3.91. The molecule has 2 N–H and O–H groups in total. The maximum atomic E-state index is 12.1. The lowest BCUT2D eigenvalue weighted by Crippen LogP contribution is -2.48. The Morgan fingerprint density at radius 1 is 0.964 bits per heavy atom. The Bertz CT molecular complexity index is 799. The number of carbonyl (C=O) groups is 2. The lowest BCUT2D eigenvalue weighted by atomic mass is 9.87. The minimum atomic E-state index is -0.780. The van der Waals surface area contributed by atoms with Crippen molar-refractivity contribution in [3.05, 3.63) is 59.1 Å². The molecule has 7 heteroatoms. The van der Waals surface area contributed by atoms with Crippen LogP contribution in [0.4, 0.5) is 0 Å². The van der Waals surface area contributed by atoms with Crippen LogP contribution in [0, 0.1) is 0 Å². The third-order valence-corrected chi connectivity index (χ3v) is 4.16. The Hall–Kier alpha value is -2.73. The number of carbonyl (C=O) groups excluding carboxylic acids is 2. The van der Waals surface area contributed by atoms with Gasteiger partial charge in [-0.2, -0.15) is 0 Å². The van der Waals surface area contributed by atoms with Crippen LogP contribution in [-0.2, 0) is 15.0 Å². The second-order valence-electron chi connectivity index (χ2n) is 7.31. The van der Waals surface area contributed by atoms with Crippen LogP contribution in [0.1, 0.15) is 33.3 Å². The molecule has 0 fully saturated rings. The van der Waals surface area contributed by atoms with Gasteiger partial charge in [0.15, 0.2) is 12.7 Å². The number of hydrazine groups is 1. The van der Waals surface area contributed by atoms with Crippen molar-refractivity contribution in [2.24, 2.45) is 0 Å². The van der Waals surface area contributed by atoms with Gasteiger partial charge in [-0.3, -0.25) is 20.4 Å². The van der Waals surface area contributed by atoms with Crippen molar-refractivity contribution in [2.75, 3.05) is 6.61 Å². The zero-order valence-electron chi connectivity index (χ0n) is 16.4. The molecule has 0 aliphatic rings. The molecule has 0 radical (unpaired) electrons. The molecule has 0 bridgehead atoms. The number of ether oxygens (including phenoxy) is 2. The highest BCUT2D eigenvalue weighted by molar-refractivity contribution is 6.30. The van der Waals surface area contributed by atoms with E-state index in [1.165, 1.54) is 5.56 Å². The number of halogens is 1. The van der Waals surface area contributed by atoms with E-state index in [2.05, 4.69) is 31.6 Å². The number of rotatable bonds is 6. The summed E-state index contributed by atoms with van der Waals surface area (Å²) in [6.07, 6.45) is -0.780. The van der Waals surface area contributed by atoms with Crippen molar-refractivity contribution in [1.82, 2.24) is 10.9 Å². The molecule has 2 rings (SSSR count). The summed E-state index contributed by atoms with van der Waals surface area (Å²) in [4.78, 5) is 23.9. The van der Waals surface area contributed by atoms with Crippen LogP contribution in [-0.4, -0.2) is 24.5 Å². The zero-order valence-corrected chi connectivity index (χ0v) is 17.2. The molecule has 0 saturated carbocycles. The molecule has 150 valence electrons. The van der Waals surface area contributed by atoms with Crippen LogP contribution >= 0.6 is 11.6 Å². The molecule has 2 amide bonds. The molecular formula is C21H25ClN2O4. The van der Waals surface area contributed by atoms with Crippen molar-refractivity contribution >= 4 is 23.4 Å². The summed E-state index contributed by atoms with van der Waals surface area (Å²) in [5.41, 5.74) is 5.82. The number of nitrogens with one attached hydrogen (secondary N) is 2. The highest BCUT2D eigenvalue weighted by Gasteiger charge is 2.17. The lowest BCUT2D eigenvalue weighted by molar-refractivity contribution is -0.133. The summed E-state index contributed by atoms with van der Waals surface area (Å²) in [5.74, 6) is 0.110. The van der Waals surface area contributed by atoms with Crippen molar-refractivity contribution < 1.29 is 19.1 Å². The van der Waals surface area contributed by atoms with Gasteiger partial charge in [-0.05, 0) is 54.3 Å². The van der Waals surface area contributed by atoms with Crippen LogP contribution < -0.4 is 20.3 Å². The van der Waals surface area contributed by atoms with Crippen molar-refractivity contribution in [3.63, 3.8) is 0 Å². The van der Waals surface area contributed by atoms with Gasteiger partial charge in [0.05, 0.1) is 0 Å². The minimum Gasteiger partial charge on any atom is -0.484 e. The summed E-state index contributed by atoms with van der Waals surface area (Å²) in [5, 5.41) is 0.575. The number of hydrogen-bond donors (Lipinski definition) is 2. The molecule has 0 heterocycles. The van der Waals surface area contributed by atoms with Gasteiger partial charge in [0.25, 0.3) is 11.8 Å². The predicted octanol–water partition coefficient (Wildman–Crippen LogP) is 3.63. The summed E-state index contributed by atoms with van der Waals surface area (Å²) in [6, 6.07) is 14.2. The molecule has 0 aliphatic carbocycles. The van der Waals surface area contributed by atoms with E-state index in [9.17, 15) is 9.59 Å². The van der Waals surface area contributed by atoms with E-state index in [1.807, 2.05) is 24.3 Å². The maximum Gasteiger partial charge on any atom is 0.279 e. The first-order valence-electron chi connectivity index (χ1n) is 8.89. The van der Waals surface area contributed by atoms with Crippen LogP contribution in [0.3, 0.4) is 0 Å². The molecule has 0 aliphatic heterocycles. The predicted molar refractivity (Wildman–Crippen MR) is 108 cm³/mol. The maximum absolute atomic E-state index is 12.1. The molecule has 0 aromatic heterocycles. The first-order chi connectivity index (χ1) is 13.1. The zero-order chi connectivity index (χ0) is 20.7. The molecule has 0 saturated heterocycles. The van der Waals surface area contributed by atoms with Crippen LogP contribution in [0.25, 0.3) is 0 Å². The monoisotopic (exact) mass is 404 g/mol. The van der Waals surface area contributed by atoms with Gasteiger partial charge in [-0.15, -0.1) is 0 Å². The van der Waals surface area contributed by atoms with E-state index in [0.29, 0.717) is 16.5 Å². The normalized spacial score (nSPS) is 12.0. The molecule has 0 spiro atoms. The first kappa shape index (κ1) is 21.6. The lowest BCUT2D eigenvalue weighted by Gasteiger charge is -2.20. The summed E-state index contributed by atoms with van der Waals surface area (Å²) in [6.45, 7) is 7.73. The molecule has 6 nitrogen and oxygen atoms in total. The number of amides is 2. The Labute approximate surface area is 170 Å². The Morgan fingerprint density at radius 3 is 2.11 bits per heavy atom. The van der Waals surface area contributed by atoms with E-state index >= 15 is 0 Å². The van der Waals surface area contributed by atoms with Gasteiger partial charge in [0, 0.05) is 5.02 Å². The first-order valence-corrected chi connectivity index (χ1v) is 9.27. The molecule has 1 unspecified atom stereocenters. The average Bonchev–Trinajstić information content (AvgIpc) is 2.65. The number of hydrogen-bond acceptors (Lipinski definition) is 4. The molecule has 1 atom stereocenters. The third kappa shape index (κ3) is 6.78. The van der Waals surface area contributed by atoms with Crippen LogP contribution in [0.5, 0.6) is 11.5 Å². The quantitative estimate of drug-likeness (QED) is 0.721. The highest BCUT2D eigenvalue weighted by atomic mass is 35.5. The van der Waals surface area contributed by atoms with Gasteiger partial charge < -0.3 is 9.47 Å². The van der Waals surface area contributed by atoms with Crippen LogP contribution in [0.2, 0.25) is 5.02 Å². The van der Waals surface area contributed by atoms with Gasteiger partial charge in [-0.25, -0.2) is 0 Å². The number of benzene rings is 2. The van der Waals surface area contributed by atoms with Gasteiger partial charge in [0.2, 0.25) is 0 Å². The fourth-order valence-electron chi connectivity index (χ4n) is 2.24. The summed E-state index contributed by atoms with van der Waals surface area (Å²) >= 11 is 5.78. The molecule has 2 aromatic carbocycles. The van der Waals surface area contributed by atoms with E-state index in [-0.39, 0.29) is 12.0 Å². The Morgan fingerprint density at radius 2 is 1.54 bits per heavy atom.